The molecule has 1 aromatic heterocycles. The molecule has 1 amide bonds. The van der Waals surface area contributed by atoms with Gasteiger partial charge in [-0.25, -0.2) is 0 Å². The number of benzene rings is 1. The third-order valence-electron chi connectivity index (χ3n) is 4.12. The number of nitrogens with two attached hydrogens (primary N) is 1. The zero-order valence-electron chi connectivity index (χ0n) is 12.1. The Hall–Kier alpha value is -1.43. The molecule has 2 heterocycles. The van der Waals surface area contributed by atoms with Crippen molar-refractivity contribution in [3.63, 3.8) is 0 Å². The Balaban J connectivity index is 2.00. The third-order valence-corrected chi connectivity index (χ3v) is 5.10. The van der Waals surface area contributed by atoms with Crippen molar-refractivity contribution >= 4 is 27.3 Å². The minimum atomic E-state index is -0.0439. The molecule has 112 valence electrons. The molecule has 2 unspecified atom stereocenters. The molecule has 0 spiro atoms. The van der Waals surface area contributed by atoms with Crippen molar-refractivity contribution in [2.75, 3.05) is 20.3 Å². The fourth-order valence-corrected chi connectivity index (χ4v) is 4.05. The van der Waals surface area contributed by atoms with Gasteiger partial charge in [-0.2, -0.15) is 0 Å². The van der Waals surface area contributed by atoms with Crippen molar-refractivity contribution in [3.05, 3.63) is 35.2 Å². The van der Waals surface area contributed by atoms with E-state index in [9.17, 15) is 4.79 Å². The van der Waals surface area contributed by atoms with Crippen LogP contribution in [0, 0.1) is 0 Å². The van der Waals surface area contributed by atoms with Crippen LogP contribution in [-0.2, 0) is 9.53 Å². The summed E-state index contributed by atoms with van der Waals surface area (Å²) >= 11 is 1.71. The van der Waals surface area contributed by atoms with Gasteiger partial charge in [-0.1, -0.05) is 18.2 Å². The van der Waals surface area contributed by atoms with E-state index in [-0.39, 0.29) is 18.0 Å². The predicted molar refractivity (Wildman–Crippen MR) is 85.4 cm³/mol. The van der Waals surface area contributed by atoms with Crippen molar-refractivity contribution < 1.29 is 9.53 Å². The molecular formula is C16H20N2O2S. The molecule has 1 saturated heterocycles. The van der Waals surface area contributed by atoms with Crippen LogP contribution in [-0.4, -0.2) is 37.1 Å². The topological polar surface area (TPSA) is 55.6 Å². The number of nitrogens with zero attached hydrogens (tertiary/aromatic N) is 1. The van der Waals surface area contributed by atoms with Crippen molar-refractivity contribution in [2.24, 2.45) is 5.73 Å². The highest BCUT2D eigenvalue weighted by molar-refractivity contribution is 7.17. The molecule has 0 saturated carbocycles. The van der Waals surface area contributed by atoms with Crippen LogP contribution in [0.5, 0.6) is 0 Å². The van der Waals surface area contributed by atoms with Crippen LogP contribution in [0.3, 0.4) is 0 Å². The van der Waals surface area contributed by atoms with E-state index in [1.807, 2.05) is 17.0 Å². The van der Waals surface area contributed by atoms with E-state index in [1.54, 1.807) is 18.4 Å². The number of piperidine rings is 1. The van der Waals surface area contributed by atoms with E-state index >= 15 is 0 Å². The molecule has 1 aliphatic heterocycles. The highest BCUT2D eigenvalue weighted by Crippen LogP contribution is 2.37. The van der Waals surface area contributed by atoms with Gasteiger partial charge in [0, 0.05) is 30.8 Å². The van der Waals surface area contributed by atoms with Gasteiger partial charge in [0.15, 0.2) is 0 Å². The average Bonchev–Trinajstić information content (AvgIpc) is 2.92. The lowest BCUT2D eigenvalue weighted by Gasteiger charge is -2.39. The Morgan fingerprint density at radius 1 is 1.43 bits per heavy atom. The van der Waals surface area contributed by atoms with Crippen molar-refractivity contribution in [2.45, 2.75) is 24.9 Å². The lowest BCUT2D eigenvalue weighted by molar-refractivity contribution is -0.138. The van der Waals surface area contributed by atoms with Crippen LogP contribution in [0.4, 0.5) is 0 Å². The van der Waals surface area contributed by atoms with Gasteiger partial charge in [-0.3, -0.25) is 4.79 Å². The quantitative estimate of drug-likeness (QED) is 0.944. The summed E-state index contributed by atoms with van der Waals surface area (Å²) in [4.78, 5) is 14.2. The highest BCUT2D eigenvalue weighted by Gasteiger charge is 2.35. The number of carbonyl (C=O) groups is 1. The van der Waals surface area contributed by atoms with Gasteiger partial charge in [-0.15, -0.1) is 11.3 Å². The smallest absolute Gasteiger partial charge is 0.223 e. The molecule has 21 heavy (non-hydrogen) atoms. The average molecular weight is 304 g/mol. The lowest BCUT2D eigenvalue weighted by atomic mass is 9.90. The fourth-order valence-electron chi connectivity index (χ4n) is 3.06. The van der Waals surface area contributed by atoms with Crippen LogP contribution in [0.25, 0.3) is 10.1 Å². The molecule has 0 bridgehead atoms. The van der Waals surface area contributed by atoms with Gasteiger partial charge in [0.1, 0.15) is 0 Å². The molecule has 4 nitrogen and oxygen atoms in total. The minimum Gasteiger partial charge on any atom is -0.383 e. The molecule has 5 heteroatoms. The Morgan fingerprint density at radius 2 is 2.24 bits per heavy atom. The van der Waals surface area contributed by atoms with Crippen molar-refractivity contribution in [1.29, 1.82) is 0 Å². The SMILES string of the molecule is COCCN1C(=O)CCC(N)C1c1csc2ccccc12. The summed E-state index contributed by atoms with van der Waals surface area (Å²) in [5.41, 5.74) is 7.53. The fraction of sp³-hybridized carbons (Fsp3) is 0.438. The molecule has 0 radical (unpaired) electrons. The molecule has 2 atom stereocenters. The van der Waals surface area contributed by atoms with E-state index in [4.69, 9.17) is 10.5 Å². The van der Waals surface area contributed by atoms with E-state index in [0.717, 1.165) is 6.42 Å². The van der Waals surface area contributed by atoms with Gasteiger partial charge in [0.05, 0.1) is 12.6 Å². The number of likely N-dealkylation sites (tertiary alicyclic amines) is 1. The van der Waals surface area contributed by atoms with Gasteiger partial charge in [0.25, 0.3) is 0 Å². The summed E-state index contributed by atoms with van der Waals surface area (Å²) in [6.07, 6.45) is 1.28. The largest absolute Gasteiger partial charge is 0.383 e. The number of thiophene rings is 1. The first-order valence-electron chi connectivity index (χ1n) is 7.22. The molecule has 2 aromatic rings. The number of fused-ring (bicyclic) bond motifs is 1. The zero-order valence-corrected chi connectivity index (χ0v) is 12.9. The third kappa shape index (κ3) is 2.69. The van der Waals surface area contributed by atoms with Gasteiger partial charge in [-0.05, 0) is 28.8 Å². The Bertz CT molecular complexity index is 640. The molecule has 1 aromatic carbocycles. The Kier molecular flexibility index (Phi) is 4.24. The van der Waals surface area contributed by atoms with Crippen LogP contribution < -0.4 is 5.73 Å². The summed E-state index contributed by atoms with van der Waals surface area (Å²) in [5, 5.41) is 3.35. The number of carbonyl (C=O) groups excluding carboxylic acids is 1. The lowest BCUT2D eigenvalue weighted by Crippen LogP contribution is -2.49. The summed E-state index contributed by atoms with van der Waals surface area (Å²) in [6.45, 7) is 1.13. The van der Waals surface area contributed by atoms with E-state index in [0.29, 0.717) is 19.6 Å². The molecule has 3 rings (SSSR count). The first-order valence-corrected chi connectivity index (χ1v) is 8.10. The Morgan fingerprint density at radius 3 is 3.05 bits per heavy atom. The predicted octanol–water partition coefficient (Wildman–Crippen LogP) is 2.54. The van der Waals surface area contributed by atoms with Crippen LogP contribution in [0.15, 0.2) is 29.6 Å². The molecule has 1 aliphatic rings. The maximum Gasteiger partial charge on any atom is 0.223 e. The molecular weight excluding hydrogens is 284 g/mol. The number of ether oxygens (including phenoxy) is 1. The van der Waals surface area contributed by atoms with Crippen LogP contribution in [0.2, 0.25) is 0 Å². The van der Waals surface area contributed by atoms with E-state index < -0.39 is 0 Å². The first kappa shape index (κ1) is 14.5. The van der Waals surface area contributed by atoms with Gasteiger partial charge in [0.2, 0.25) is 5.91 Å². The summed E-state index contributed by atoms with van der Waals surface area (Å²) in [6, 6.07) is 8.24. The molecule has 2 N–H and O–H groups in total. The van der Waals surface area contributed by atoms with Crippen LogP contribution in [0.1, 0.15) is 24.4 Å². The van der Waals surface area contributed by atoms with E-state index in [1.165, 1.54) is 15.6 Å². The number of amides is 1. The highest BCUT2D eigenvalue weighted by atomic mass is 32.1. The summed E-state index contributed by atoms with van der Waals surface area (Å²) in [7, 11) is 1.66. The summed E-state index contributed by atoms with van der Waals surface area (Å²) < 4.78 is 6.39. The molecule has 0 aliphatic carbocycles. The second-order valence-corrected chi connectivity index (χ2v) is 6.33. The minimum absolute atomic E-state index is 0.0161. The second-order valence-electron chi connectivity index (χ2n) is 5.41. The zero-order chi connectivity index (χ0) is 14.8. The summed E-state index contributed by atoms with van der Waals surface area (Å²) in [5.74, 6) is 0.175. The Labute approximate surface area is 128 Å². The second kappa shape index (κ2) is 6.13. The van der Waals surface area contributed by atoms with Crippen LogP contribution >= 0.6 is 11.3 Å². The standard InChI is InChI=1S/C16H20N2O2S/c1-20-9-8-18-15(19)7-6-13(17)16(18)12-10-21-14-5-3-2-4-11(12)14/h2-5,10,13,16H,6-9,17H2,1H3. The maximum absolute atomic E-state index is 12.3. The number of rotatable bonds is 4. The first-order chi connectivity index (χ1) is 10.2. The number of hydrogen-bond acceptors (Lipinski definition) is 4. The van der Waals surface area contributed by atoms with E-state index in [2.05, 4.69) is 17.5 Å². The van der Waals surface area contributed by atoms with Gasteiger partial charge < -0.3 is 15.4 Å². The number of methoxy groups -OCH3 is 1. The van der Waals surface area contributed by atoms with Gasteiger partial charge >= 0.3 is 0 Å². The maximum atomic E-state index is 12.3. The normalized spacial score (nSPS) is 23.0. The van der Waals surface area contributed by atoms with Crippen molar-refractivity contribution in [1.82, 2.24) is 4.90 Å². The molecule has 1 fully saturated rings. The monoisotopic (exact) mass is 304 g/mol. The van der Waals surface area contributed by atoms with Crippen molar-refractivity contribution in [3.8, 4) is 0 Å². The number of hydrogen-bond donors (Lipinski definition) is 1.